The molecule has 0 bridgehead atoms. The fraction of sp³-hybridized carbons (Fsp3) is 0.556. The van der Waals surface area contributed by atoms with Crippen LogP contribution in [0.1, 0.15) is 19.8 Å². The first-order valence-electron chi connectivity index (χ1n) is 9.34. The van der Waals surface area contributed by atoms with E-state index in [1.54, 1.807) is 13.0 Å². The lowest BCUT2D eigenvalue weighted by molar-refractivity contribution is -0.244. The highest BCUT2D eigenvalue weighted by Gasteiger charge is 2.49. The van der Waals surface area contributed by atoms with Gasteiger partial charge in [-0.05, 0) is 37.7 Å². The number of carbonyl (C=O) groups is 2. The number of hydroxylamine groups is 2. The second-order valence-electron chi connectivity index (χ2n) is 6.95. The summed E-state index contributed by atoms with van der Waals surface area (Å²) in [5.41, 5.74) is -1.07. The minimum Gasteiger partial charge on any atom is -0.465 e. The number of esters is 1. The van der Waals surface area contributed by atoms with Crippen LogP contribution in [-0.2, 0) is 29.2 Å². The first kappa shape index (κ1) is 25.4. The van der Waals surface area contributed by atoms with Crippen LogP contribution in [0.3, 0.4) is 0 Å². The molecule has 174 valence electrons. The van der Waals surface area contributed by atoms with Gasteiger partial charge in [0, 0.05) is 18.5 Å². The van der Waals surface area contributed by atoms with Gasteiger partial charge in [-0.15, -0.1) is 5.06 Å². The highest BCUT2D eigenvalue weighted by atomic mass is 32.2. The molecule has 1 fully saturated rings. The van der Waals surface area contributed by atoms with Crippen molar-refractivity contribution in [1.29, 1.82) is 0 Å². The number of hydrogen-bond acceptors (Lipinski definition) is 8. The number of alkyl halides is 3. The normalized spacial score (nSPS) is 18.2. The predicted octanol–water partition coefficient (Wildman–Crippen LogP) is 1.93. The second kappa shape index (κ2) is 10.2. The standard InChI is InChI=1S/C18H23F3N2O6S2/c1-2-28-15(24)14(22-31(26,27)13-6-4-3-5-7-13)17(12-30)8-10-23(11-9-17)29-16(25)18(19,20)21/h3-7,14,22,30H,2,8-12H2,1H3. The molecule has 1 atom stereocenters. The van der Waals surface area contributed by atoms with Gasteiger partial charge >= 0.3 is 18.1 Å². The Morgan fingerprint density at radius 2 is 1.81 bits per heavy atom. The van der Waals surface area contributed by atoms with E-state index in [2.05, 4.69) is 22.2 Å². The summed E-state index contributed by atoms with van der Waals surface area (Å²) >= 11 is 4.28. The zero-order chi connectivity index (χ0) is 23.3. The summed E-state index contributed by atoms with van der Waals surface area (Å²) in [6.45, 7) is 1.27. The highest BCUT2D eigenvalue weighted by molar-refractivity contribution is 7.89. The van der Waals surface area contributed by atoms with Crippen LogP contribution in [0, 0.1) is 5.41 Å². The van der Waals surface area contributed by atoms with Gasteiger partial charge in [0.15, 0.2) is 0 Å². The molecule has 1 aliphatic rings. The molecule has 0 aliphatic carbocycles. The largest absolute Gasteiger partial charge is 0.492 e. The predicted molar refractivity (Wildman–Crippen MR) is 106 cm³/mol. The van der Waals surface area contributed by atoms with Crippen LogP contribution < -0.4 is 4.72 Å². The number of piperidine rings is 1. The van der Waals surface area contributed by atoms with E-state index in [1.165, 1.54) is 24.3 Å². The van der Waals surface area contributed by atoms with E-state index < -0.39 is 39.6 Å². The molecule has 1 N–H and O–H groups in total. The Morgan fingerprint density at radius 1 is 1.23 bits per heavy atom. The molecule has 0 amide bonds. The Kier molecular flexibility index (Phi) is 8.36. The Morgan fingerprint density at radius 3 is 2.29 bits per heavy atom. The SMILES string of the molecule is CCOC(=O)C(NS(=O)(=O)c1ccccc1)C1(CS)CCN(OC(=O)C(F)(F)F)CC1. The minimum atomic E-state index is -5.14. The van der Waals surface area contributed by atoms with Gasteiger partial charge in [-0.25, -0.2) is 13.2 Å². The molecule has 0 spiro atoms. The highest BCUT2D eigenvalue weighted by Crippen LogP contribution is 2.38. The minimum absolute atomic E-state index is 0.000367. The van der Waals surface area contributed by atoms with Crippen LogP contribution in [0.15, 0.2) is 35.2 Å². The van der Waals surface area contributed by atoms with E-state index in [4.69, 9.17) is 4.74 Å². The molecule has 13 heteroatoms. The third kappa shape index (κ3) is 6.34. The van der Waals surface area contributed by atoms with Gasteiger partial charge in [-0.1, -0.05) is 18.2 Å². The maximum Gasteiger partial charge on any atom is 0.492 e. The van der Waals surface area contributed by atoms with E-state index in [9.17, 15) is 31.2 Å². The van der Waals surface area contributed by atoms with Gasteiger partial charge in [-0.2, -0.15) is 30.5 Å². The molecule has 1 aromatic rings. The Hall–Kier alpha value is -1.83. The van der Waals surface area contributed by atoms with Crippen molar-refractivity contribution in [2.75, 3.05) is 25.4 Å². The summed E-state index contributed by atoms with van der Waals surface area (Å²) in [6, 6.07) is 6.06. The molecule has 0 saturated carbocycles. The van der Waals surface area contributed by atoms with Gasteiger partial charge in [0.25, 0.3) is 0 Å². The van der Waals surface area contributed by atoms with Gasteiger partial charge in [-0.3, -0.25) is 4.79 Å². The summed E-state index contributed by atoms with van der Waals surface area (Å²) in [7, 11) is -4.10. The number of nitrogens with one attached hydrogen (secondary N) is 1. The summed E-state index contributed by atoms with van der Waals surface area (Å²) in [5.74, 6) is -3.14. The number of thiol groups is 1. The average molecular weight is 485 g/mol. The smallest absolute Gasteiger partial charge is 0.465 e. The maximum absolute atomic E-state index is 12.8. The molecule has 1 aliphatic heterocycles. The number of sulfonamides is 1. The summed E-state index contributed by atoms with van der Waals surface area (Å²) in [4.78, 5) is 28.0. The molecule has 1 aromatic carbocycles. The quantitative estimate of drug-likeness (QED) is 0.430. The van der Waals surface area contributed by atoms with Crippen LogP contribution in [0.5, 0.6) is 0 Å². The van der Waals surface area contributed by atoms with Crippen molar-refractivity contribution < 1.29 is 40.8 Å². The van der Waals surface area contributed by atoms with E-state index >= 15 is 0 Å². The summed E-state index contributed by atoms with van der Waals surface area (Å²) in [5, 5.41) is 0.839. The Labute approximate surface area is 183 Å². The summed E-state index contributed by atoms with van der Waals surface area (Å²) < 4.78 is 70.4. The second-order valence-corrected chi connectivity index (χ2v) is 8.98. The van der Waals surface area contributed by atoms with Gasteiger partial charge in [0.1, 0.15) is 6.04 Å². The Balaban J connectivity index is 2.24. The first-order chi connectivity index (χ1) is 14.4. The number of carbonyl (C=O) groups excluding carboxylic acids is 2. The monoisotopic (exact) mass is 484 g/mol. The van der Waals surface area contributed by atoms with Crippen molar-refractivity contribution in [3.63, 3.8) is 0 Å². The maximum atomic E-state index is 12.8. The average Bonchev–Trinajstić information content (AvgIpc) is 2.73. The number of halogens is 3. The lowest BCUT2D eigenvalue weighted by Gasteiger charge is -2.43. The van der Waals surface area contributed by atoms with E-state index in [-0.39, 0.29) is 43.2 Å². The van der Waals surface area contributed by atoms with Crippen molar-refractivity contribution in [1.82, 2.24) is 9.79 Å². The number of hydrogen-bond donors (Lipinski definition) is 2. The van der Waals surface area contributed by atoms with Crippen LogP contribution in [0.25, 0.3) is 0 Å². The molecule has 1 unspecified atom stereocenters. The van der Waals surface area contributed by atoms with E-state index in [1.807, 2.05) is 0 Å². The van der Waals surface area contributed by atoms with Crippen molar-refractivity contribution in [3.8, 4) is 0 Å². The van der Waals surface area contributed by atoms with E-state index in [0.717, 1.165) is 5.06 Å². The van der Waals surface area contributed by atoms with Crippen LogP contribution in [-0.4, -0.2) is 63.1 Å². The fourth-order valence-electron chi connectivity index (χ4n) is 3.20. The molecular formula is C18H23F3N2O6S2. The molecule has 1 heterocycles. The molecule has 0 radical (unpaired) electrons. The Bertz CT molecular complexity index is 872. The number of ether oxygens (including phenoxy) is 1. The zero-order valence-corrected chi connectivity index (χ0v) is 18.3. The fourth-order valence-corrected chi connectivity index (χ4v) is 5.01. The lowest BCUT2D eigenvalue weighted by atomic mass is 9.74. The molecular weight excluding hydrogens is 461 g/mol. The molecule has 1 saturated heterocycles. The van der Waals surface area contributed by atoms with Crippen LogP contribution in [0.2, 0.25) is 0 Å². The van der Waals surface area contributed by atoms with Crippen LogP contribution in [0.4, 0.5) is 13.2 Å². The van der Waals surface area contributed by atoms with Gasteiger partial charge in [0.05, 0.1) is 11.5 Å². The third-order valence-electron chi connectivity index (χ3n) is 4.94. The van der Waals surface area contributed by atoms with Crippen molar-refractivity contribution in [2.45, 2.75) is 36.9 Å². The summed E-state index contributed by atoms with van der Waals surface area (Å²) in [6.07, 6.45) is -5.08. The van der Waals surface area contributed by atoms with Crippen molar-refractivity contribution in [3.05, 3.63) is 30.3 Å². The van der Waals surface area contributed by atoms with Crippen molar-refractivity contribution in [2.24, 2.45) is 5.41 Å². The van der Waals surface area contributed by atoms with Crippen molar-refractivity contribution >= 4 is 34.6 Å². The van der Waals surface area contributed by atoms with Gasteiger partial charge < -0.3 is 9.57 Å². The number of benzene rings is 1. The first-order valence-corrected chi connectivity index (χ1v) is 11.5. The molecule has 8 nitrogen and oxygen atoms in total. The third-order valence-corrected chi connectivity index (χ3v) is 7.01. The molecule has 2 rings (SSSR count). The number of rotatable bonds is 8. The zero-order valence-electron chi connectivity index (χ0n) is 16.6. The van der Waals surface area contributed by atoms with Crippen LogP contribution >= 0.6 is 12.6 Å². The van der Waals surface area contributed by atoms with E-state index in [0.29, 0.717) is 0 Å². The number of nitrogens with zero attached hydrogens (tertiary/aromatic N) is 1. The molecule has 0 aromatic heterocycles. The topological polar surface area (TPSA) is 102 Å². The molecule has 31 heavy (non-hydrogen) atoms. The lowest BCUT2D eigenvalue weighted by Crippen LogP contribution is -2.58. The van der Waals surface area contributed by atoms with Gasteiger partial charge in [0.2, 0.25) is 10.0 Å².